The first-order valence-corrected chi connectivity index (χ1v) is 6.03. The molecule has 1 aromatic heterocycles. The van der Waals surface area contributed by atoms with E-state index in [4.69, 9.17) is 0 Å². The van der Waals surface area contributed by atoms with Gasteiger partial charge in [-0.2, -0.15) is 5.10 Å². The molecule has 0 radical (unpaired) electrons. The van der Waals surface area contributed by atoms with Crippen molar-refractivity contribution in [1.82, 2.24) is 10.2 Å². The predicted molar refractivity (Wildman–Crippen MR) is 72.1 cm³/mol. The van der Waals surface area contributed by atoms with Crippen LogP contribution in [0.3, 0.4) is 0 Å². The highest BCUT2D eigenvalue weighted by molar-refractivity contribution is 9.10. The second kappa shape index (κ2) is 5.19. The largest absolute Gasteiger partial charge is 0.316 e. The van der Waals surface area contributed by atoms with Gasteiger partial charge in [0.25, 0.3) is 11.6 Å². The van der Waals surface area contributed by atoms with Gasteiger partial charge in [-0.05, 0) is 19.1 Å². The molecule has 0 spiro atoms. The number of nitro benzene ring substituents is 1. The number of aromatic nitrogens is 2. The van der Waals surface area contributed by atoms with Gasteiger partial charge in [0.15, 0.2) is 0 Å². The Hall–Kier alpha value is -2.22. The number of H-pyrrole nitrogens is 1. The zero-order valence-corrected chi connectivity index (χ0v) is 11.4. The normalized spacial score (nSPS) is 10.2. The Morgan fingerprint density at radius 2 is 2.26 bits per heavy atom. The van der Waals surface area contributed by atoms with Gasteiger partial charge < -0.3 is 5.32 Å². The van der Waals surface area contributed by atoms with Gasteiger partial charge in [0.05, 0.1) is 16.7 Å². The summed E-state index contributed by atoms with van der Waals surface area (Å²) in [6.07, 6.45) is 1.37. The minimum atomic E-state index is -0.553. The first kappa shape index (κ1) is 13.2. The number of anilines is 1. The molecular weight excluding hydrogens is 316 g/mol. The molecule has 1 heterocycles. The van der Waals surface area contributed by atoms with Crippen molar-refractivity contribution in [3.05, 3.63) is 50.2 Å². The zero-order valence-electron chi connectivity index (χ0n) is 9.81. The van der Waals surface area contributed by atoms with Gasteiger partial charge in [0.2, 0.25) is 0 Å². The van der Waals surface area contributed by atoms with Crippen molar-refractivity contribution in [3.63, 3.8) is 0 Å². The van der Waals surface area contributed by atoms with Gasteiger partial charge in [-0.1, -0.05) is 15.9 Å². The van der Waals surface area contributed by atoms with Crippen molar-refractivity contribution >= 4 is 33.2 Å². The number of rotatable bonds is 3. The average Bonchev–Trinajstić information content (AvgIpc) is 2.77. The molecule has 0 saturated heterocycles. The van der Waals surface area contributed by atoms with Crippen LogP contribution in [-0.2, 0) is 0 Å². The minimum absolute atomic E-state index is 0.138. The Bertz CT molecular complexity index is 653. The summed E-state index contributed by atoms with van der Waals surface area (Å²) < 4.78 is 0.566. The van der Waals surface area contributed by atoms with Crippen LogP contribution < -0.4 is 5.32 Å². The van der Waals surface area contributed by atoms with Crippen LogP contribution in [0.15, 0.2) is 28.9 Å². The number of hydrogen-bond acceptors (Lipinski definition) is 4. The highest BCUT2D eigenvalue weighted by atomic mass is 79.9. The Balaban J connectivity index is 2.32. The lowest BCUT2D eigenvalue weighted by Crippen LogP contribution is -2.13. The third-order valence-corrected chi connectivity index (χ3v) is 2.97. The van der Waals surface area contributed by atoms with E-state index in [1.165, 1.54) is 18.3 Å². The van der Waals surface area contributed by atoms with E-state index in [0.29, 0.717) is 15.7 Å². The maximum absolute atomic E-state index is 12.0. The molecule has 1 aromatic carbocycles. The molecule has 0 aliphatic heterocycles. The van der Waals surface area contributed by atoms with Gasteiger partial charge in [-0.15, -0.1) is 0 Å². The van der Waals surface area contributed by atoms with E-state index >= 15 is 0 Å². The van der Waals surface area contributed by atoms with Crippen LogP contribution in [0.2, 0.25) is 0 Å². The molecular formula is C11H9BrN4O3. The number of aromatic amines is 1. The Morgan fingerprint density at radius 1 is 1.53 bits per heavy atom. The van der Waals surface area contributed by atoms with Gasteiger partial charge in [0, 0.05) is 16.2 Å². The van der Waals surface area contributed by atoms with Gasteiger partial charge in [-0.25, -0.2) is 0 Å². The van der Waals surface area contributed by atoms with Crippen molar-refractivity contribution in [2.24, 2.45) is 0 Å². The summed E-state index contributed by atoms with van der Waals surface area (Å²) >= 11 is 3.15. The summed E-state index contributed by atoms with van der Waals surface area (Å²) in [5.74, 6) is -0.448. The van der Waals surface area contributed by atoms with E-state index in [-0.39, 0.29) is 11.4 Å². The number of nitrogens with zero attached hydrogens (tertiary/aromatic N) is 2. The summed E-state index contributed by atoms with van der Waals surface area (Å²) in [5, 5.41) is 19.8. The van der Waals surface area contributed by atoms with Crippen molar-refractivity contribution in [3.8, 4) is 0 Å². The molecule has 2 rings (SSSR count). The molecule has 7 nitrogen and oxygen atoms in total. The molecule has 2 aromatic rings. The molecule has 2 N–H and O–H groups in total. The number of carbonyl (C=O) groups excluding carboxylic acids is 1. The fourth-order valence-electron chi connectivity index (χ4n) is 1.53. The highest BCUT2D eigenvalue weighted by Crippen LogP contribution is 2.28. The van der Waals surface area contributed by atoms with Crippen LogP contribution in [0.25, 0.3) is 0 Å². The van der Waals surface area contributed by atoms with E-state index in [2.05, 4.69) is 31.4 Å². The third-order valence-electron chi connectivity index (χ3n) is 2.48. The van der Waals surface area contributed by atoms with Crippen molar-refractivity contribution in [1.29, 1.82) is 0 Å². The minimum Gasteiger partial charge on any atom is -0.316 e. The van der Waals surface area contributed by atoms with Crippen LogP contribution in [0.4, 0.5) is 11.4 Å². The monoisotopic (exact) mass is 324 g/mol. The van der Waals surface area contributed by atoms with Crippen molar-refractivity contribution < 1.29 is 9.72 Å². The summed E-state index contributed by atoms with van der Waals surface area (Å²) in [6.45, 7) is 1.69. The number of nitrogens with one attached hydrogen (secondary N) is 2. The quantitative estimate of drug-likeness (QED) is 0.669. The molecule has 98 valence electrons. The van der Waals surface area contributed by atoms with Crippen LogP contribution >= 0.6 is 15.9 Å². The van der Waals surface area contributed by atoms with E-state index in [1.807, 2.05) is 0 Å². The van der Waals surface area contributed by atoms with Crippen LogP contribution in [0, 0.1) is 17.0 Å². The molecule has 0 atom stereocenters. The molecule has 0 fully saturated rings. The lowest BCUT2D eigenvalue weighted by molar-refractivity contribution is -0.384. The zero-order chi connectivity index (χ0) is 14.0. The van der Waals surface area contributed by atoms with Crippen molar-refractivity contribution in [2.75, 3.05) is 5.32 Å². The summed E-state index contributed by atoms with van der Waals surface area (Å²) in [4.78, 5) is 22.3. The van der Waals surface area contributed by atoms with Crippen molar-refractivity contribution in [2.45, 2.75) is 6.92 Å². The number of hydrogen-bond donors (Lipinski definition) is 2. The van der Waals surface area contributed by atoms with E-state index in [9.17, 15) is 14.9 Å². The standard InChI is InChI=1S/C11H9BrN4O3/c1-6-8(5-13-15-6)11(17)14-9-3-2-7(12)4-10(9)16(18)19/h2-5H,1H3,(H,13,15)(H,14,17). The summed E-state index contributed by atoms with van der Waals surface area (Å²) in [7, 11) is 0. The molecule has 1 amide bonds. The molecule has 0 unspecified atom stereocenters. The topological polar surface area (TPSA) is 101 Å². The van der Waals surface area contributed by atoms with E-state index in [0.717, 1.165) is 0 Å². The molecule has 0 bridgehead atoms. The lowest BCUT2D eigenvalue weighted by atomic mass is 10.2. The number of halogens is 1. The maximum atomic E-state index is 12.0. The molecule has 19 heavy (non-hydrogen) atoms. The molecule has 0 aliphatic rings. The predicted octanol–water partition coefficient (Wildman–Crippen LogP) is 2.64. The number of aryl methyl sites for hydroxylation is 1. The van der Waals surface area contributed by atoms with E-state index in [1.54, 1.807) is 13.0 Å². The summed E-state index contributed by atoms with van der Waals surface area (Å²) in [6, 6.07) is 4.41. The molecule has 8 heteroatoms. The number of nitro groups is 1. The number of carbonyl (C=O) groups is 1. The maximum Gasteiger partial charge on any atom is 0.293 e. The van der Waals surface area contributed by atoms with Crippen LogP contribution in [0.5, 0.6) is 0 Å². The van der Waals surface area contributed by atoms with Crippen LogP contribution in [0.1, 0.15) is 16.1 Å². The molecule has 0 saturated carbocycles. The number of amides is 1. The van der Waals surface area contributed by atoms with E-state index < -0.39 is 10.8 Å². The first-order valence-electron chi connectivity index (χ1n) is 5.24. The molecule has 0 aliphatic carbocycles. The smallest absolute Gasteiger partial charge is 0.293 e. The number of benzene rings is 1. The second-order valence-electron chi connectivity index (χ2n) is 3.78. The Morgan fingerprint density at radius 3 is 2.84 bits per heavy atom. The fourth-order valence-corrected chi connectivity index (χ4v) is 1.88. The average molecular weight is 325 g/mol. The van der Waals surface area contributed by atoms with Crippen LogP contribution in [-0.4, -0.2) is 21.0 Å². The Kier molecular flexibility index (Phi) is 3.61. The van der Waals surface area contributed by atoms with Gasteiger partial charge in [0.1, 0.15) is 5.69 Å². The Labute approximate surface area is 116 Å². The third kappa shape index (κ3) is 2.79. The lowest BCUT2D eigenvalue weighted by Gasteiger charge is -2.05. The second-order valence-corrected chi connectivity index (χ2v) is 4.70. The highest BCUT2D eigenvalue weighted by Gasteiger charge is 2.18. The first-order chi connectivity index (χ1) is 8.99. The SMILES string of the molecule is Cc1[nH]ncc1C(=O)Nc1ccc(Br)cc1[N+](=O)[O-]. The fraction of sp³-hybridized carbons (Fsp3) is 0.0909. The van der Waals surface area contributed by atoms with Gasteiger partial charge in [-0.3, -0.25) is 20.0 Å². The van der Waals surface area contributed by atoms with Gasteiger partial charge >= 0.3 is 0 Å². The summed E-state index contributed by atoms with van der Waals surface area (Å²) in [5.41, 5.74) is 0.900.